The molecule has 2 rings (SSSR count). The fourth-order valence-corrected chi connectivity index (χ4v) is 1.78. The number of furan rings is 1. The summed E-state index contributed by atoms with van der Waals surface area (Å²) in [5, 5.41) is 11.8. The van der Waals surface area contributed by atoms with E-state index in [1.165, 1.54) is 0 Å². The summed E-state index contributed by atoms with van der Waals surface area (Å²) in [5.74, 6) is 1.33. The Hall–Kier alpha value is -1.55. The molecule has 17 heavy (non-hydrogen) atoms. The number of rotatable bonds is 2. The zero-order chi connectivity index (χ0) is 12.4. The predicted molar refractivity (Wildman–Crippen MR) is 70.6 cm³/mol. The normalized spacial score (nSPS) is 11.8. The summed E-state index contributed by atoms with van der Waals surface area (Å²) in [6.45, 7) is 3.72. The van der Waals surface area contributed by atoms with Crippen molar-refractivity contribution in [3.63, 3.8) is 0 Å². The number of hydrogen-bond donors (Lipinski definition) is 1. The highest BCUT2D eigenvalue weighted by molar-refractivity contribution is 9.10. The van der Waals surface area contributed by atoms with E-state index in [9.17, 15) is 0 Å². The minimum Gasteiger partial charge on any atom is -0.455 e. The van der Waals surface area contributed by atoms with Crippen molar-refractivity contribution in [1.29, 1.82) is 0 Å². The largest absolute Gasteiger partial charge is 0.455 e. The topological polar surface area (TPSA) is 45.7 Å². The Kier molecular flexibility index (Phi) is 3.33. The van der Waals surface area contributed by atoms with Crippen molar-refractivity contribution in [3.8, 4) is 11.3 Å². The summed E-state index contributed by atoms with van der Waals surface area (Å²) >= 11 is 3.46. The summed E-state index contributed by atoms with van der Waals surface area (Å²) < 4.78 is 6.68. The van der Waals surface area contributed by atoms with Crippen molar-refractivity contribution in [2.24, 2.45) is 5.16 Å². The van der Waals surface area contributed by atoms with E-state index >= 15 is 0 Å². The van der Waals surface area contributed by atoms with Gasteiger partial charge in [-0.25, -0.2) is 0 Å². The molecule has 3 nitrogen and oxygen atoms in total. The first-order valence-electron chi connectivity index (χ1n) is 5.17. The van der Waals surface area contributed by atoms with Crippen molar-refractivity contribution in [1.82, 2.24) is 0 Å². The van der Waals surface area contributed by atoms with Crippen molar-refractivity contribution in [2.45, 2.75) is 13.8 Å². The molecule has 0 unspecified atom stereocenters. The standard InChI is InChI=1S/C13H12BrNO2/c1-8-7-10(3-4-11(8)14)13-6-5-12(17-13)9(2)15-16/h3-7,16H,1-2H3/b15-9+. The fraction of sp³-hybridized carbons (Fsp3) is 0.154. The summed E-state index contributed by atoms with van der Waals surface area (Å²) in [7, 11) is 0. The van der Waals surface area contributed by atoms with E-state index in [1.54, 1.807) is 13.0 Å². The van der Waals surface area contributed by atoms with E-state index in [4.69, 9.17) is 9.62 Å². The zero-order valence-electron chi connectivity index (χ0n) is 9.57. The summed E-state index contributed by atoms with van der Waals surface area (Å²) in [5.41, 5.74) is 2.61. The van der Waals surface area contributed by atoms with Crippen LogP contribution in [0.3, 0.4) is 0 Å². The molecule has 0 radical (unpaired) electrons. The average molecular weight is 294 g/mol. The van der Waals surface area contributed by atoms with Crippen LogP contribution in [-0.2, 0) is 0 Å². The molecule has 0 fully saturated rings. The lowest BCUT2D eigenvalue weighted by Gasteiger charge is -2.01. The van der Waals surface area contributed by atoms with Gasteiger partial charge in [0.15, 0.2) is 5.76 Å². The maximum absolute atomic E-state index is 8.67. The van der Waals surface area contributed by atoms with Crippen molar-refractivity contribution in [2.75, 3.05) is 0 Å². The minimum atomic E-state index is 0.463. The molecular formula is C13H12BrNO2. The van der Waals surface area contributed by atoms with Gasteiger partial charge in [-0.2, -0.15) is 0 Å². The van der Waals surface area contributed by atoms with E-state index < -0.39 is 0 Å². The lowest BCUT2D eigenvalue weighted by Crippen LogP contribution is -1.90. The van der Waals surface area contributed by atoms with Crippen LogP contribution in [0, 0.1) is 6.92 Å². The monoisotopic (exact) mass is 293 g/mol. The Balaban J connectivity index is 2.40. The third-order valence-electron chi connectivity index (χ3n) is 2.56. The third-order valence-corrected chi connectivity index (χ3v) is 3.44. The smallest absolute Gasteiger partial charge is 0.152 e. The molecule has 0 saturated heterocycles. The van der Waals surface area contributed by atoms with Gasteiger partial charge in [0.1, 0.15) is 11.5 Å². The molecule has 88 valence electrons. The van der Waals surface area contributed by atoms with Gasteiger partial charge >= 0.3 is 0 Å². The Morgan fingerprint density at radius 2 is 2.06 bits per heavy atom. The molecule has 0 bridgehead atoms. The van der Waals surface area contributed by atoms with Gasteiger partial charge < -0.3 is 9.62 Å². The van der Waals surface area contributed by atoms with Crippen LogP contribution in [0.25, 0.3) is 11.3 Å². The van der Waals surface area contributed by atoms with Crippen LogP contribution in [0.2, 0.25) is 0 Å². The molecule has 0 aliphatic heterocycles. The maximum Gasteiger partial charge on any atom is 0.152 e. The molecular weight excluding hydrogens is 282 g/mol. The SMILES string of the molecule is C/C(=N\O)c1ccc(-c2ccc(Br)c(C)c2)o1. The van der Waals surface area contributed by atoms with E-state index in [2.05, 4.69) is 21.1 Å². The number of hydrogen-bond acceptors (Lipinski definition) is 3. The van der Waals surface area contributed by atoms with Gasteiger partial charge in [-0.3, -0.25) is 0 Å². The molecule has 1 aromatic carbocycles. The molecule has 1 aromatic heterocycles. The fourth-order valence-electron chi connectivity index (χ4n) is 1.53. The molecule has 4 heteroatoms. The second-order valence-electron chi connectivity index (χ2n) is 3.81. The van der Waals surface area contributed by atoms with Crippen LogP contribution in [0.5, 0.6) is 0 Å². The molecule has 2 aromatic rings. The number of halogens is 1. The van der Waals surface area contributed by atoms with Crippen LogP contribution >= 0.6 is 15.9 Å². The van der Waals surface area contributed by atoms with Gasteiger partial charge in [0.25, 0.3) is 0 Å². The molecule has 0 aliphatic carbocycles. The molecule has 0 spiro atoms. The van der Waals surface area contributed by atoms with Crippen molar-refractivity contribution < 1.29 is 9.62 Å². The molecule has 0 aliphatic rings. The Morgan fingerprint density at radius 1 is 1.29 bits per heavy atom. The second-order valence-corrected chi connectivity index (χ2v) is 4.67. The lowest BCUT2D eigenvalue weighted by molar-refractivity contribution is 0.317. The van der Waals surface area contributed by atoms with E-state index in [-0.39, 0.29) is 0 Å². The zero-order valence-corrected chi connectivity index (χ0v) is 11.2. The minimum absolute atomic E-state index is 0.463. The highest BCUT2D eigenvalue weighted by atomic mass is 79.9. The van der Waals surface area contributed by atoms with Crippen LogP contribution in [0.1, 0.15) is 18.2 Å². The first-order chi connectivity index (χ1) is 8.11. The van der Waals surface area contributed by atoms with Crippen molar-refractivity contribution >= 4 is 21.6 Å². The molecule has 0 amide bonds. The number of aryl methyl sites for hydroxylation is 1. The number of oxime groups is 1. The highest BCUT2D eigenvalue weighted by Crippen LogP contribution is 2.26. The number of nitrogens with zero attached hydrogens (tertiary/aromatic N) is 1. The Labute approximate surface area is 108 Å². The Bertz CT molecular complexity index is 573. The van der Waals surface area contributed by atoms with E-state index in [1.807, 2.05) is 31.2 Å². The number of benzene rings is 1. The first-order valence-corrected chi connectivity index (χ1v) is 5.96. The quantitative estimate of drug-likeness (QED) is 0.512. The summed E-state index contributed by atoms with van der Waals surface area (Å²) in [6, 6.07) is 9.66. The van der Waals surface area contributed by atoms with E-state index in [0.717, 1.165) is 21.4 Å². The second kappa shape index (κ2) is 4.75. The summed E-state index contributed by atoms with van der Waals surface area (Å²) in [4.78, 5) is 0. The molecule has 1 N–H and O–H groups in total. The van der Waals surface area contributed by atoms with Crippen molar-refractivity contribution in [3.05, 3.63) is 46.1 Å². The van der Waals surface area contributed by atoms with Crippen LogP contribution in [0.15, 0.2) is 44.4 Å². The molecule has 1 heterocycles. The van der Waals surface area contributed by atoms with Gasteiger partial charge in [0.2, 0.25) is 0 Å². The third kappa shape index (κ3) is 2.42. The average Bonchev–Trinajstić information content (AvgIpc) is 2.81. The molecule has 0 atom stereocenters. The van der Waals surface area contributed by atoms with Crippen LogP contribution in [0.4, 0.5) is 0 Å². The summed E-state index contributed by atoms with van der Waals surface area (Å²) in [6.07, 6.45) is 0. The van der Waals surface area contributed by atoms with Gasteiger partial charge in [-0.15, -0.1) is 0 Å². The van der Waals surface area contributed by atoms with Crippen LogP contribution in [-0.4, -0.2) is 10.9 Å². The first kappa shape index (κ1) is 11.9. The van der Waals surface area contributed by atoms with Crippen LogP contribution < -0.4 is 0 Å². The van der Waals surface area contributed by atoms with E-state index in [0.29, 0.717) is 11.5 Å². The lowest BCUT2D eigenvalue weighted by atomic mass is 10.1. The Morgan fingerprint density at radius 3 is 2.71 bits per heavy atom. The highest BCUT2D eigenvalue weighted by Gasteiger charge is 2.08. The maximum atomic E-state index is 8.67. The molecule has 0 saturated carbocycles. The van der Waals surface area contributed by atoms with Gasteiger partial charge in [-0.05, 0) is 43.7 Å². The van der Waals surface area contributed by atoms with Gasteiger partial charge in [-0.1, -0.05) is 27.2 Å². The van der Waals surface area contributed by atoms with Gasteiger partial charge in [0.05, 0.1) is 0 Å². The predicted octanol–water partition coefficient (Wildman–Crippen LogP) is 4.22. The van der Waals surface area contributed by atoms with Gasteiger partial charge in [0, 0.05) is 10.0 Å².